The molecule has 0 radical (unpaired) electrons. The first-order valence-corrected chi connectivity index (χ1v) is 10.9. The lowest BCUT2D eigenvalue weighted by atomic mass is 9.85. The molecule has 0 saturated carbocycles. The maximum atomic E-state index is 8.28. The SMILES string of the molecule is COc1cccc(-c2c3ccc(=N)cc-3n(C)c3c4c(ccc23)N(C)C(C)(C)C=C4C)c1. The van der Waals surface area contributed by atoms with Crippen LogP contribution < -0.4 is 15.0 Å². The van der Waals surface area contributed by atoms with E-state index in [-0.39, 0.29) is 5.54 Å². The molecule has 2 aromatic rings. The van der Waals surface area contributed by atoms with E-state index >= 15 is 0 Å². The van der Waals surface area contributed by atoms with Crippen LogP contribution in [0.1, 0.15) is 26.3 Å². The first-order chi connectivity index (χ1) is 15.2. The van der Waals surface area contributed by atoms with Crippen molar-refractivity contribution in [2.45, 2.75) is 26.3 Å². The number of methoxy groups -OCH3 is 1. The number of allylic oxidation sites excluding steroid dienone is 1. The molecule has 1 N–H and O–H groups in total. The second-order valence-corrected chi connectivity index (χ2v) is 9.29. The molecule has 0 saturated heterocycles. The Morgan fingerprint density at radius 2 is 1.72 bits per heavy atom. The van der Waals surface area contributed by atoms with Gasteiger partial charge in [-0.25, -0.2) is 0 Å². The summed E-state index contributed by atoms with van der Waals surface area (Å²) in [5.41, 5.74) is 9.39. The highest BCUT2D eigenvalue weighted by Gasteiger charge is 2.31. The van der Waals surface area contributed by atoms with Crippen molar-refractivity contribution in [2.75, 3.05) is 19.1 Å². The fraction of sp³-hybridized carbons (Fsp3) is 0.250. The van der Waals surface area contributed by atoms with E-state index in [1.54, 1.807) is 7.11 Å². The third kappa shape index (κ3) is 2.86. The van der Waals surface area contributed by atoms with Gasteiger partial charge < -0.3 is 19.6 Å². The van der Waals surface area contributed by atoms with Crippen LogP contribution in [0.25, 0.3) is 38.9 Å². The molecule has 0 atom stereocenters. The summed E-state index contributed by atoms with van der Waals surface area (Å²) in [7, 11) is 5.99. The van der Waals surface area contributed by atoms with Crippen LogP contribution in [0.5, 0.6) is 5.75 Å². The molecule has 0 spiro atoms. The van der Waals surface area contributed by atoms with Gasteiger partial charge in [-0.05, 0) is 62.2 Å². The van der Waals surface area contributed by atoms with E-state index in [4.69, 9.17) is 10.1 Å². The molecule has 0 aromatic heterocycles. The van der Waals surface area contributed by atoms with E-state index < -0.39 is 0 Å². The number of hydrogen-bond donors (Lipinski definition) is 1. The van der Waals surface area contributed by atoms with E-state index in [1.807, 2.05) is 24.3 Å². The molecule has 2 heterocycles. The first kappa shape index (κ1) is 20.4. The highest BCUT2D eigenvalue weighted by atomic mass is 16.5. The predicted molar refractivity (Wildman–Crippen MR) is 134 cm³/mol. The van der Waals surface area contributed by atoms with Gasteiger partial charge in [0.05, 0.1) is 29.2 Å². The average molecular weight is 424 g/mol. The molecule has 162 valence electrons. The summed E-state index contributed by atoms with van der Waals surface area (Å²) in [4.78, 5) is 2.35. The van der Waals surface area contributed by atoms with E-state index in [2.05, 4.69) is 80.7 Å². The molecule has 32 heavy (non-hydrogen) atoms. The molecule has 1 aliphatic carbocycles. The van der Waals surface area contributed by atoms with Crippen LogP contribution in [0.2, 0.25) is 0 Å². The minimum absolute atomic E-state index is 0.0514. The third-order valence-electron chi connectivity index (χ3n) is 6.94. The molecule has 0 unspecified atom stereocenters. The van der Waals surface area contributed by atoms with Crippen molar-refractivity contribution in [1.82, 2.24) is 4.57 Å². The summed E-state index contributed by atoms with van der Waals surface area (Å²) >= 11 is 0. The van der Waals surface area contributed by atoms with Gasteiger partial charge >= 0.3 is 0 Å². The van der Waals surface area contributed by atoms with Crippen LogP contribution in [0.3, 0.4) is 0 Å². The maximum absolute atomic E-state index is 8.28. The topological polar surface area (TPSA) is 41.2 Å². The predicted octanol–water partition coefficient (Wildman–Crippen LogP) is 6.07. The Morgan fingerprint density at radius 3 is 2.47 bits per heavy atom. The molecule has 4 nitrogen and oxygen atoms in total. The lowest BCUT2D eigenvalue weighted by molar-refractivity contribution is 0.415. The van der Waals surface area contributed by atoms with Crippen molar-refractivity contribution >= 4 is 22.2 Å². The maximum Gasteiger partial charge on any atom is 0.119 e. The molecular formula is C28H29N3O. The molecule has 2 aromatic carbocycles. The van der Waals surface area contributed by atoms with Crippen molar-refractivity contribution in [3.05, 3.63) is 71.6 Å². The third-order valence-corrected chi connectivity index (χ3v) is 6.94. The number of pyridine rings is 1. The Hall–Kier alpha value is -3.53. The van der Waals surface area contributed by atoms with Gasteiger partial charge in [-0.1, -0.05) is 30.3 Å². The Morgan fingerprint density at radius 1 is 0.938 bits per heavy atom. The quantitative estimate of drug-likeness (QED) is 0.398. The minimum Gasteiger partial charge on any atom is -0.497 e. The van der Waals surface area contributed by atoms with Gasteiger partial charge in [-0.15, -0.1) is 0 Å². The molecule has 3 aliphatic rings. The van der Waals surface area contributed by atoms with Gasteiger partial charge in [0.2, 0.25) is 0 Å². The highest BCUT2D eigenvalue weighted by Crippen LogP contribution is 2.47. The molecule has 4 heteroatoms. The minimum atomic E-state index is -0.0514. The number of benzene rings is 3. The largest absolute Gasteiger partial charge is 0.497 e. The number of rotatable bonds is 2. The molecule has 2 aliphatic heterocycles. The van der Waals surface area contributed by atoms with Gasteiger partial charge in [-0.2, -0.15) is 0 Å². The van der Waals surface area contributed by atoms with Crippen LogP contribution in [-0.4, -0.2) is 24.3 Å². The van der Waals surface area contributed by atoms with Crippen molar-refractivity contribution < 1.29 is 4.74 Å². The van der Waals surface area contributed by atoms with Crippen molar-refractivity contribution in [3.8, 4) is 28.1 Å². The normalized spacial score (nSPS) is 15.1. The highest BCUT2D eigenvalue weighted by molar-refractivity contribution is 6.09. The Kier molecular flexibility index (Phi) is 4.45. The van der Waals surface area contributed by atoms with Crippen molar-refractivity contribution in [1.29, 1.82) is 5.41 Å². The summed E-state index contributed by atoms with van der Waals surface area (Å²) in [5, 5.41) is 9.99. The fourth-order valence-electron chi connectivity index (χ4n) is 5.18. The smallest absolute Gasteiger partial charge is 0.119 e. The average Bonchev–Trinajstić information content (AvgIpc) is 2.77. The lowest BCUT2D eigenvalue weighted by Crippen LogP contribution is -2.42. The number of anilines is 1. The Labute approximate surface area is 189 Å². The van der Waals surface area contributed by atoms with E-state index in [9.17, 15) is 0 Å². The Bertz CT molecular complexity index is 1440. The number of aryl methyl sites for hydroxylation is 1. The zero-order valence-corrected chi connectivity index (χ0v) is 19.6. The molecular weight excluding hydrogens is 394 g/mol. The molecule has 0 bridgehead atoms. The summed E-state index contributed by atoms with van der Waals surface area (Å²) in [6, 6.07) is 18.7. The zero-order chi connectivity index (χ0) is 22.8. The number of hydrogen-bond acceptors (Lipinski definition) is 3. The van der Waals surface area contributed by atoms with Crippen LogP contribution in [0.15, 0.2) is 60.7 Å². The van der Waals surface area contributed by atoms with Crippen LogP contribution in [-0.2, 0) is 7.05 Å². The number of ether oxygens (including phenoxy) is 1. The standard InChI is InChI=1S/C28H29N3O/c1-17-16-28(2,3)31(5)23-13-12-22-26(18-8-7-9-20(14-18)32-6)21-11-10-19(29)15-24(21)30(4)27(22)25(17)23/h7-16,29H,1-6H3. The molecule has 5 rings (SSSR count). The second-order valence-electron chi connectivity index (χ2n) is 9.29. The monoisotopic (exact) mass is 423 g/mol. The zero-order valence-electron chi connectivity index (χ0n) is 19.6. The van der Waals surface area contributed by atoms with Crippen LogP contribution in [0, 0.1) is 5.41 Å². The molecule has 0 amide bonds. The van der Waals surface area contributed by atoms with Gasteiger partial charge in [-0.3, -0.25) is 0 Å². The fourth-order valence-corrected chi connectivity index (χ4v) is 5.18. The van der Waals surface area contributed by atoms with Gasteiger partial charge in [0.25, 0.3) is 0 Å². The summed E-state index contributed by atoms with van der Waals surface area (Å²) < 4.78 is 7.80. The van der Waals surface area contributed by atoms with Gasteiger partial charge in [0.1, 0.15) is 5.75 Å². The van der Waals surface area contributed by atoms with Gasteiger partial charge in [0, 0.05) is 41.9 Å². The lowest BCUT2D eigenvalue weighted by Gasteiger charge is -2.41. The summed E-state index contributed by atoms with van der Waals surface area (Å²) in [5.74, 6) is 0.838. The number of aromatic nitrogens is 1. The van der Waals surface area contributed by atoms with Crippen molar-refractivity contribution in [3.63, 3.8) is 0 Å². The second kappa shape index (κ2) is 6.99. The van der Waals surface area contributed by atoms with E-state index in [0.29, 0.717) is 5.36 Å². The number of nitrogens with zero attached hydrogens (tertiary/aromatic N) is 2. The summed E-state index contributed by atoms with van der Waals surface area (Å²) in [6.07, 6.45) is 2.35. The number of nitrogens with one attached hydrogen (secondary N) is 1. The summed E-state index contributed by atoms with van der Waals surface area (Å²) in [6.45, 7) is 6.71. The van der Waals surface area contributed by atoms with Crippen LogP contribution >= 0.6 is 0 Å². The molecule has 0 fully saturated rings. The van der Waals surface area contributed by atoms with Gasteiger partial charge in [0.15, 0.2) is 0 Å². The number of likely N-dealkylation sites (N-methyl/N-ethyl adjacent to an activating group) is 1. The van der Waals surface area contributed by atoms with Crippen LogP contribution in [0.4, 0.5) is 5.69 Å². The Balaban J connectivity index is 2.00. The van der Waals surface area contributed by atoms with E-state index in [1.165, 1.54) is 33.3 Å². The first-order valence-electron chi connectivity index (χ1n) is 10.9. The van der Waals surface area contributed by atoms with E-state index in [0.717, 1.165) is 22.6 Å². The number of fused-ring (bicyclic) bond motifs is 4. The van der Waals surface area contributed by atoms with Crippen molar-refractivity contribution in [2.24, 2.45) is 7.05 Å².